The number of guanidine groups is 1. The molecule has 15 nitrogen and oxygen atoms in total. The molecular formula is C31H52N8O7. The lowest BCUT2D eigenvalue weighted by molar-refractivity contribution is -0.142. The summed E-state index contributed by atoms with van der Waals surface area (Å²) in [4.78, 5) is 65.1. The maximum atomic E-state index is 13.7. The van der Waals surface area contributed by atoms with Gasteiger partial charge in [-0.25, -0.2) is 4.79 Å². The highest BCUT2D eigenvalue weighted by Crippen LogP contribution is 2.14. The van der Waals surface area contributed by atoms with Crippen molar-refractivity contribution in [1.29, 1.82) is 5.41 Å². The lowest BCUT2D eigenvalue weighted by atomic mass is 9.98. The van der Waals surface area contributed by atoms with Crippen molar-refractivity contribution in [3.05, 3.63) is 29.8 Å². The minimum absolute atomic E-state index is 0.000225. The van der Waals surface area contributed by atoms with Crippen molar-refractivity contribution in [3.8, 4) is 5.75 Å². The van der Waals surface area contributed by atoms with Gasteiger partial charge in [0.25, 0.3) is 0 Å². The number of carboxylic acids is 1. The Labute approximate surface area is 270 Å². The number of aliphatic carboxylic acids is 1. The van der Waals surface area contributed by atoms with Crippen molar-refractivity contribution in [2.75, 3.05) is 6.54 Å². The van der Waals surface area contributed by atoms with Crippen LogP contribution in [0.4, 0.5) is 0 Å². The van der Waals surface area contributed by atoms with Gasteiger partial charge in [0.15, 0.2) is 5.96 Å². The van der Waals surface area contributed by atoms with Crippen LogP contribution in [0.5, 0.6) is 5.75 Å². The maximum absolute atomic E-state index is 13.7. The summed E-state index contributed by atoms with van der Waals surface area (Å²) in [6, 6.07) is 0.525. The highest BCUT2D eigenvalue weighted by molar-refractivity contribution is 5.95. The van der Waals surface area contributed by atoms with Crippen LogP contribution in [0.1, 0.15) is 66.4 Å². The molecule has 0 unspecified atom stereocenters. The van der Waals surface area contributed by atoms with Crippen LogP contribution in [-0.2, 0) is 30.4 Å². The topological polar surface area (TPSA) is 262 Å². The van der Waals surface area contributed by atoms with Gasteiger partial charge in [0.1, 0.15) is 29.9 Å². The predicted molar refractivity (Wildman–Crippen MR) is 173 cm³/mol. The Morgan fingerprint density at radius 2 is 1.33 bits per heavy atom. The molecule has 4 amide bonds. The van der Waals surface area contributed by atoms with E-state index < -0.39 is 59.8 Å². The van der Waals surface area contributed by atoms with Crippen LogP contribution in [-0.4, -0.2) is 82.5 Å². The Kier molecular flexibility index (Phi) is 16.5. The van der Waals surface area contributed by atoms with E-state index in [1.165, 1.54) is 12.1 Å². The summed E-state index contributed by atoms with van der Waals surface area (Å²) in [5.74, 6) is -4.63. The molecule has 0 aliphatic heterocycles. The van der Waals surface area contributed by atoms with E-state index in [1.807, 2.05) is 13.8 Å². The molecule has 0 aliphatic rings. The first-order valence-electron chi connectivity index (χ1n) is 15.5. The van der Waals surface area contributed by atoms with Gasteiger partial charge in [-0.2, -0.15) is 0 Å². The number of carboxylic acid groups (broad SMARTS) is 1. The van der Waals surface area contributed by atoms with Gasteiger partial charge in [0, 0.05) is 13.0 Å². The van der Waals surface area contributed by atoms with E-state index in [2.05, 4.69) is 26.6 Å². The minimum atomic E-state index is -1.29. The fraction of sp³-hybridized carbons (Fsp3) is 0.613. The zero-order valence-electron chi connectivity index (χ0n) is 27.6. The Bertz CT molecular complexity index is 1190. The Morgan fingerprint density at radius 3 is 1.83 bits per heavy atom. The summed E-state index contributed by atoms with van der Waals surface area (Å²) < 4.78 is 0. The van der Waals surface area contributed by atoms with Crippen molar-refractivity contribution >= 4 is 35.6 Å². The number of nitrogens with one attached hydrogen (secondary N) is 6. The van der Waals surface area contributed by atoms with Crippen LogP contribution >= 0.6 is 0 Å². The molecule has 46 heavy (non-hydrogen) atoms. The Hall–Kier alpha value is -4.40. The van der Waals surface area contributed by atoms with E-state index in [0.29, 0.717) is 5.56 Å². The van der Waals surface area contributed by atoms with E-state index in [0.717, 1.165) is 0 Å². The number of benzene rings is 1. The van der Waals surface area contributed by atoms with Crippen LogP contribution in [0.15, 0.2) is 24.3 Å². The number of hydrogen-bond acceptors (Lipinski definition) is 8. The average Bonchev–Trinajstić information content (AvgIpc) is 2.96. The molecule has 5 atom stereocenters. The quantitative estimate of drug-likeness (QED) is 0.0541. The summed E-state index contributed by atoms with van der Waals surface area (Å²) >= 11 is 0. The van der Waals surface area contributed by atoms with Crippen molar-refractivity contribution in [3.63, 3.8) is 0 Å². The lowest BCUT2D eigenvalue weighted by Gasteiger charge is -2.29. The van der Waals surface area contributed by atoms with Crippen LogP contribution in [0.25, 0.3) is 0 Å². The molecule has 0 spiro atoms. The number of phenols is 1. The third-order valence-corrected chi connectivity index (χ3v) is 7.22. The summed E-state index contributed by atoms with van der Waals surface area (Å²) in [7, 11) is 0. The normalized spacial score (nSPS) is 14.5. The second-order valence-electron chi connectivity index (χ2n) is 12.5. The molecule has 0 aromatic heterocycles. The van der Waals surface area contributed by atoms with Gasteiger partial charge in [-0.05, 0) is 54.7 Å². The van der Waals surface area contributed by atoms with Crippen molar-refractivity contribution in [1.82, 2.24) is 26.6 Å². The van der Waals surface area contributed by atoms with Gasteiger partial charge in [-0.15, -0.1) is 0 Å². The Morgan fingerprint density at radius 1 is 0.783 bits per heavy atom. The molecule has 0 fully saturated rings. The first kappa shape index (κ1) is 39.6. The summed E-state index contributed by atoms with van der Waals surface area (Å²) in [6.07, 6.45) is 0.465. The fourth-order valence-corrected chi connectivity index (χ4v) is 4.46. The largest absolute Gasteiger partial charge is 0.508 e. The summed E-state index contributed by atoms with van der Waals surface area (Å²) in [6.45, 7) is 11.0. The van der Waals surface area contributed by atoms with E-state index in [-0.39, 0.29) is 61.7 Å². The molecule has 0 heterocycles. The molecule has 12 N–H and O–H groups in total. The van der Waals surface area contributed by atoms with Gasteiger partial charge >= 0.3 is 5.97 Å². The van der Waals surface area contributed by atoms with E-state index >= 15 is 0 Å². The van der Waals surface area contributed by atoms with Crippen LogP contribution in [0, 0.1) is 23.2 Å². The average molecular weight is 649 g/mol. The standard InChI is InChI=1S/C31H52N8O7/c1-16(2)14-22(38-29(44)25(18(5)6)39-28(43)24(32)17(3)4)26(41)37-23(15-19-9-11-20(40)12-10-19)27(42)36-21(30(45)46)8-7-13-35-31(33)34/h9-12,16-18,21-25,40H,7-8,13-15,32H2,1-6H3,(H,36,42)(H,37,41)(H,38,44)(H,39,43)(H,45,46)(H4,33,34,35)/t21-,22-,23-,24-,25-/m0/s1. The molecule has 0 radical (unpaired) electrons. The predicted octanol–water partition coefficient (Wildman–Crippen LogP) is -0.0928. The number of phenolic OH excluding ortho intramolecular Hbond substituents is 1. The van der Waals surface area contributed by atoms with Gasteiger partial charge in [-0.3, -0.25) is 24.6 Å². The number of aromatic hydroxyl groups is 1. The minimum Gasteiger partial charge on any atom is -0.508 e. The Balaban J connectivity index is 3.24. The second kappa shape index (κ2) is 19.2. The van der Waals surface area contributed by atoms with Gasteiger partial charge < -0.3 is 48.3 Å². The first-order chi connectivity index (χ1) is 21.4. The molecule has 0 aliphatic carbocycles. The van der Waals surface area contributed by atoms with Crippen molar-refractivity contribution < 1.29 is 34.2 Å². The fourth-order valence-electron chi connectivity index (χ4n) is 4.46. The molecule has 0 saturated heterocycles. The number of carbonyl (C=O) groups is 5. The van der Waals surface area contributed by atoms with Crippen LogP contribution < -0.4 is 38.1 Å². The molecular weight excluding hydrogens is 596 g/mol. The van der Waals surface area contributed by atoms with Crippen LogP contribution in [0.2, 0.25) is 0 Å². The maximum Gasteiger partial charge on any atom is 0.326 e. The number of rotatable bonds is 19. The van der Waals surface area contributed by atoms with Crippen molar-refractivity contribution in [2.45, 2.75) is 97.4 Å². The first-order valence-corrected chi connectivity index (χ1v) is 15.5. The molecule has 1 aromatic carbocycles. The number of hydrogen-bond donors (Lipinski definition) is 10. The highest BCUT2D eigenvalue weighted by Gasteiger charge is 2.33. The molecule has 15 heteroatoms. The molecule has 0 saturated carbocycles. The van der Waals surface area contributed by atoms with E-state index in [1.54, 1.807) is 39.8 Å². The van der Waals surface area contributed by atoms with E-state index in [9.17, 15) is 34.2 Å². The number of nitrogens with two attached hydrogens (primary N) is 2. The SMILES string of the molecule is CC(C)C[C@H](NC(=O)[C@@H](NC(=O)[C@@H](N)C(C)C)C(C)C)C(=O)N[C@@H](Cc1ccc(O)cc1)C(=O)N[C@@H](CCCNC(=N)N)C(=O)O. The van der Waals surface area contributed by atoms with Gasteiger partial charge in [0.2, 0.25) is 23.6 Å². The lowest BCUT2D eigenvalue weighted by Crippen LogP contribution is -2.60. The molecule has 1 rings (SSSR count). The summed E-state index contributed by atoms with van der Waals surface area (Å²) in [5.41, 5.74) is 11.8. The number of carbonyl (C=O) groups excluding carboxylic acids is 4. The third kappa shape index (κ3) is 14.1. The van der Waals surface area contributed by atoms with Crippen molar-refractivity contribution in [2.24, 2.45) is 29.2 Å². The molecule has 1 aromatic rings. The number of amides is 4. The van der Waals surface area contributed by atoms with Gasteiger partial charge in [0.05, 0.1) is 6.04 Å². The van der Waals surface area contributed by atoms with Gasteiger partial charge in [-0.1, -0.05) is 53.7 Å². The zero-order chi connectivity index (χ0) is 35.1. The third-order valence-electron chi connectivity index (χ3n) is 7.22. The van der Waals surface area contributed by atoms with E-state index in [4.69, 9.17) is 16.9 Å². The second-order valence-corrected chi connectivity index (χ2v) is 12.5. The molecule has 0 bridgehead atoms. The van der Waals surface area contributed by atoms with Crippen LogP contribution in [0.3, 0.4) is 0 Å². The molecule has 258 valence electrons. The highest BCUT2D eigenvalue weighted by atomic mass is 16.4. The smallest absolute Gasteiger partial charge is 0.326 e. The zero-order valence-corrected chi connectivity index (χ0v) is 27.6. The summed E-state index contributed by atoms with van der Waals surface area (Å²) in [5, 5.41) is 39.7. The monoisotopic (exact) mass is 648 g/mol.